The van der Waals surface area contributed by atoms with Gasteiger partial charge in [0.2, 0.25) is 5.91 Å². The number of nitrogens with one attached hydrogen (secondary N) is 1. The third-order valence-corrected chi connectivity index (χ3v) is 4.11. The van der Waals surface area contributed by atoms with E-state index in [1.54, 1.807) is 7.05 Å². The lowest BCUT2D eigenvalue weighted by Crippen LogP contribution is -2.47. The van der Waals surface area contributed by atoms with Crippen LogP contribution in [0.2, 0.25) is 0 Å². The van der Waals surface area contributed by atoms with E-state index in [1.807, 2.05) is 18.5 Å². The van der Waals surface area contributed by atoms with Crippen LogP contribution in [-0.4, -0.2) is 51.7 Å². The zero-order valence-corrected chi connectivity index (χ0v) is 13.5. The van der Waals surface area contributed by atoms with Gasteiger partial charge in [-0.15, -0.1) is 10.2 Å². The first-order chi connectivity index (χ1) is 10.5. The Balaban J connectivity index is 1.93. The average molecular weight is 307 g/mol. The average Bonchev–Trinajstić information content (AvgIpc) is 2.79. The van der Waals surface area contributed by atoms with Crippen LogP contribution in [-0.2, 0) is 18.4 Å². The quantitative estimate of drug-likeness (QED) is 0.592. The molecule has 1 aromatic heterocycles. The number of likely N-dealkylation sites (tertiary alicyclic amines) is 1. The molecule has 0 spiro atoms. The van der Waals surface area contributed by atoms with Crippen molar-refractivity contribution in [1.82, 2.24) is 25.0 Å². The first-order valence-corrected chi connectivity index (χ1v) is 7.60. The summed E-state index contributed by atoms with van der Waals surface area (Å²) < 4.78 is 1.95. The van der Waals surface area contributed by atoms with Crippen molar-refractivity contribution in [3.05, 3.63) is 11.6 Å². The van der Waals surface area contributed by atoms with E-state index in [-0.39, 0.29) is 5.91 Å². The van der Waals surface area contributed by atoms with Gasteiger partial charge in [-0.25, -0.2) is 0 Å². The number of carbonyl (C=O) groups excluding carboxylic acids is 1. The van der Waals surface area contributed by atoms with Crippen LogP contribution in [0.1, 0.15) is 30.9 Å². The maximum Gasteiger partial charge on any atom is 0.217 e. The summed E-state index contributed by atoms with van der Waals surface area (Å²) in [7, 11) is 3.71. The second-order valence-corrected chi connectivity index (χ2v) is 5.75. The van der Waals surface area contributed by atoms with Gasteiger partial charge in [-0.05, 0) is 25.7 Å². The maximum absolute atomic E-state index is 11.1. The van der Waals surface area contributed by atoms with Crippen molar-refractivity contribution in [2.24, 2.45) is 23.7 Å². The number of rotatable bonds is 4. The number of primary amides is 1. The molecule has 0 aromatic carbocycles. The van der Waals surface area contributed by atoms with Gasteiger partial charge in [-0.2, -0.15) is 0 Å². The van der Waals surface area contributed by atoms with Crippen molar-refractivity contribution < 1.29 is 4.79 Å². The van der Waals surface area contributed by atoms with Crippen LogP contribution in [0.15, 0.2) is 4.99 Å². The number of aliphatic imine (C=N–C) groups is 1. The zero-order valence-electron chi connectivity index (χ0n) is 13.5. The molecular formula is C14H25N7O. The summed E-state index contributed by atoms with van der Waals surface area (Å²) in [4.78, 5) is 17.6. The molecule has 0 aliphatic carbocycles. The van der Waals surface area contributed by atoms with Crippen LogP contribution < -0.4 is 11.1 Å². The van der Waals surface area contributed by atoms with Crippen LogP contribution in [0, 0.1) is 12.8 Å². The smallest absolute Gasteiger partial charge is 0.217 e. The van der Waals surface area contributed by atoms with Gasteiger partial charge < -0.3 is 20.5 Å². The standard InChI is InChI=1S/C14H25N7O/c1-10-18-19-13(20(10)3)8-17-14(16-2)21-6-4-5-11(9-21)7-12(15)22/h11H,4-9H2,1-3H3,(H2,15,22)(H,16,17). The normalized spacial score (nSPS) is 19.3. The van der Waals surface area contributed by atoms with Gasteiger partial charge in [0, 0.05) is 33.6 Å². The predicted octanol–water partition coefficient (Wildman–Crippen LogP) is -0.214. The molecule has 3 N–H and O–H groups in total. The summed E-state index contributed by atoms with van der Waals surface area (Å²) in [6.07, 6.45) is 2.52. The summed E-state index contributed by atoms with van der Waals surface area (Å²) in [5.74, 6) is 2.65. The predicted molar refractivity (Wildman–Crippen MR) is 84.0 cm³/mol. The van der Waals surface area contributed by atoms with Crippen molar-refractivity contribution in [3.8, 4) is 0 Å². The van der Waals surface area contributed by atoms with E-state index in [1.165, 1.54) is 0 Å². The fourth-order valence-corrected chi connectivity index (χ4v) is 2.80. The van der Waals surface area contributed by atoms with Gasteiger partial charge in [0.15, 0.2) is 11.8 Å². The first-order valence-electron chi connectivity index (χ1n) is 7.60. The van der Waals surface area contributed by atoms with Crippen molar-refractivity contribution in [3.63, 3.8) is 0 Å². The third-order valence-electron chi connectivity index (χ3n) is 4.11. The molecule has 8 heteroatoms. The molecule has 1 saturated heterocycles. The van der Waals surface area contributed by atoms with Crippen molar-refractivity contribution in [2.75, 3.05) is 20.1 Å². The first kappa shape index (κ1) is 16.3. The molecule has 2 heterocycles. The largest absolute Gasteiger partial charge is 0.370 e. The van der Waals surface area contributed by atoms with E-state index >= 15 is 0 Å². The molecule has 1 aliphatic heterocycles. The summed E-state index contributed by atoms with van der Waals surface area (Å²) in [5, 5.41) is 11.5. The number of carbonyl (C=O) groups is 1. The summed E-state index contributed by atoms with van der Waals surface area (Å²) >= 11 is 0. The van der Waals surface area contributed by atoms with Crippen LogP contribution in [0.5, 0.6) is 0 Å². The highest BCUT2D eigenvalue weighted by molar-refractivity contribution is 5.80. The summed E-state index contributed by atoms with van der Waals surface area (Å²) in [6.45, 7) is 4.23. The minimum atomic E-state index is -0.232. The Bertz CT molecular complexity index is 551. The molecule has 1 atom stereocenters. The number of hydrogen-bond donors (Lipinski definition) is 2. The summed E-state index contributed by atoms with van der Waals surface area (Å²) in [5.41, 5.74) is 5.31. The van der Waals surface area contributed by atoms with E-state index < -0.39 is 0 Å². The monoisotopic (exact) mass is 307 g/mol. The summed E-state index contributed by atoms with van der Waals surface area (Å²) in [6, 6.07) is 0. The fourth-order valence-electron chi connectivity index (χ4n) is 2.80. The highest BCUT2D eigenvalue weighted by Gasteiger charge is 2.23. The molecule has 1 aromatic rings. The fraction of sp³-hybridized carbons (Fsp3) is 0.714. The molecule has 0 bridgehead atoms. The van der Waals surface area contributed by atoms with E-state index in [2.05, 4.69) is 25.4 Å². The van der Waals surface area contributed by atoms with Crippen LogP contribution >= 0.6 is 0 Å². The molecule has 1 fully saturated rings. The molecule has 1 amide bonds. The number of guanidine groups is 1. The molecule has 2 rings (SSSR count). The Labute approximate surface area is 130 Å². The molecule has 1 aliphatic rings. The lowest BCUT2D eigenvalue weighted by Gasteiger charge is -2.34. The Kier molecular flexibility index (Phi) is 5.35. The van der Waals surface area contributed by atoms with Gasteiger partial charge in [0.25, 0.3) is 0 Å². The number of aromatic nitrogens is 3. The van der Waals surface area contributed by atoms with Gasteiger partial charge in [0.05, 0.1) is 6.54 Å². The molecule has 0 radical (unpaired) electrons. The topological polar surface area (TPSA) is 101 Å². The Morgan fingerprint density at radius 1 is 1.50 bits per heavy atom. The zero-order chi connectivity index (χ0) is 16.1. The molecule has 122 valence electrons. The van der Waals surface area contributed by atoms with Gasteiger partial charge in [-0.1, -0.05) is 0 Å². The lowest BCUT2D eigenvalue weighted by molar-refractivity contribution is -0.119. The minimum Gasteiger partial charge on any atom is -0.370 e. The third kappa shape index (κ3) is 3.96. The maximum atomic E-state index is 11.1. The van der Waals surface area contributed by atoms with Crippen LogP contribution in [0.25, 0.3) is 0 Å². The number of aryl methyl sites for hydroxylation is 1. The molecule has 1 unspecified atom stereocenters. The second-order valence-electron chi connectivity index (χ2n) is 5.75. The molecule has 22 heavy (non-hydrogen) atoms. The SMILES string of the molecule is CN=C(NCc1nnc(C)n1C)N1CCCC(CC(N)=O)C1. The Morgan fingerprint density at radius 2 is 2.27 bits per heavy atom. The number of nitrogens with zero attached hydrogens (tertiary/aromatic N) is 5. The Morgan fingerprint density at radius 3 is 2.86 bits per heavy atom. The van der Waals surface area contributed by atoms with E-state index in [9.17, 15) is 4.79 Å². The highest BCUT2D eigenvalue weighted by atomic mass is 16.1. The molecular weight excluding hydrogens is 282 g/mol. The number of piperidine rings is 1. The van der Waals surface area contributed by atoms with Gasteiger partial charge in [0.1, 0.15) is 5.82 Å². The van der Waals surface area contributed by atoms with Gasteiger partial charge >= 0.3 is 0 Å². The van der Waals surface area contributed by atoms with E-state index in [4.69, 9.17) is 5.73 Å². The highest BCUT2D eigenvalue weighted by Crippen LogP contribution is 2.19. The number of hydrogen-bond acceptors (Lipinski definition) is 4. The van der Waals surface area contributed by atoms with Crippen molar-refractivity contribution in [1.29, 1.82) is 0 Å². The van der Waals surface area contributed by atoms with Crippen molar-refractivity contribution >= 4 is 11.9 Å². The molecule has 8 nitrogen and oxygen atoms in total. The van der Waals surface area contributed by atoms with E-state index in [0.717, 1.165) is 43.5 Å². The van der Waals surface area contributed by atoms with Crippen LogP contribution in [0.3, 0.4) is 0 Å². The number of nitrogens with two attached hydrogens (primary N) is 1. The number of amides is 1. The van der Waals surface area contributed by atoms with Crippen molar-refractivity contribution in [2.45, 2.75) is 32.7 Å². The van der Waals surface area contributed by atoms with Gasteiger partial charge in [-0.3, -0.25) is 9.79 Å². The second kappa shape index (κ2) is 7.24. The minimum absolute atomic E-state index is 0.232. The Hall–Kier alpha value is -2.12. The lowest BCUT2D eigenvalue weighted by atomic mass is 9.95. The van der Waals surface area contributed by atoms with E-state index in [0.29, 0.717) is 18.9 Å². The molecule has 0 saturated carbocycles. The van der Waals surface area contributed by atoms with Crippen LogP contribution in [0.4, 0.5) is 0 Å².